The fraction of sp³-hybridized carbons (Fsp3) is 0.111. The summed E-state index contributed by atoms with van der Waals surface area (Å²) >= 11 is 6.30. The average molecular weight is 373 g/mol. The quantitative estimate of drug-likeness (QED) is 0.548. The molecular weight excluding hydrogens is 362 g/mol. The number of hydrogen-bond donors (Lipinski definition) is 1. The molecule has 3 heterocycles. The lowest BCUT2D eigenvalue weighted by atomic mass is 10.1. The van der Waals surface area contributed by atoms with Crippen molar-refractivity contribution >= 4 is 39.8 Å². The lowest BCUT2D eigenvalue weighted by Gasteiger charge is -2.11. The molecule has 0 amide bonds. The summed E-state index contributed by atoms with van der Waals surface area (Å²) in [6.07, 6.45) is -0.151. The molecule has 5 rings (SSSR count). The molecule has 0 radical (unpaired) electrons. The summed E-state index contributed by atoms with van der Waals surface area (Å²) in [5, 5.41) is 3.73. The molecule has 2 aromatic heterocycles. The largest absolute Gasteiger partial charge is 0.432 e. The molecule has 130 valence electrons. The number of para-hydroxylation sites is 1. The predicted molar refractivity (Wildman–Crippen MR) is 94.5 cm³/mol. The van der Waals surface area contributed by atoms with Crippen LogP contribution >= 0.6 is 11.6 Å². The van der Waals surface area contributed by atoms with Gasteiger partial charge in [0, 0.05) is 23.6 Å². The Kier molecular flexibility index (Phi) is 3.12. The molecule has 1 aliphatic rings. The van der Waals surface area contributed by atoms with Gasteiger partial charge in [-0.2, -0.15) is 8.78 Å². The van der Waals surface area contributed by atoms with Gasteiger partial charge in [-0.1, -0.05) is 17.7 Å². The summed E-state index contributed by atoms with van der Waals surface area (Å²) in [4.78, 5) is 8.93. The van der Waals surface area contributed by atoms with Crippen molar-refractivity contribution in [3.8, 4) is 5.75 Å². The van der Waals surface area contributed by atoms with Crippen LogP contribution in [-0.2, 0) is 6.42 Å². The van der Waals surface area contributed by atoms with Gasteiger partial charge in [0.15, 0.2) is 11.5 Å². The van der Waals surface area contributed by atoms with E-state index >= 15 is 0 Å². The Morgan fingerprint density at radius 3 is 3.00 bits per heavy atom. The maximum Gasteiger partial charge on any atom is 0.402 e. The van der Waals surface area contributed by atoms with Gasteiger partial charge >= 0.3 is 6.11 Å². The average Bonchev–Trinajstić information content (AvgIpc) is 3.17. The van der Waals surface area contributed by atoms with E-state index in [0.717, 1.165) is 5.52 Å². The second-order valence-corrected chi connectivity index (χ2v) is 6.46. The van der Waals surface area contributed by atoms with Gasteiger partial charge in [-0.15, -0.1) is 0 Å². The van der Waals surface area contributed by atoms with Crippen LogP contribution in [0.3, 0.4) is 0 Å². The number of ether oxygens (including phenoxy) is 1. The van der Waals surface area contributed by atoms with Gasteiger partial charge in [0.2, 0.25) is 0 Å². The highest BCUT2D eigenvalue weighted by molar-refractivity contribution is 6.35. The second-order valence-electron chi connectivity index (χ2n) is 6.05. The van der Waals surface area contributed by atoms with Crippen LogP contribution in [0, 0.1) is 0 Å². The van der Waals surface area contributed by atoms with E-state index < -0.39 is 12.5 Å². The highest BCUT2D eigenvalue weighted by Crippen LogP contribution is 2.39. The maximum atomic E-state index is 13.4. The van der Waals surface area contributed by atoms with E-state index in [0.29, 0.717) is 33.3 Å². The number of halogens is 3. The van der Waals surface area contributed by atoms with Crippen LogP contribution < -0.4 is 10.1 Å². The lowest BCUT2D eigenvalue weighted by Crippen LogP contribution is -2.20. The third-order valence-corrected chi connectivity index (χ3v) is 4.57. The van der Waals surface area contributed by atoms with Crippen LogP contribution in [0.1, 0.15) is 5.56 Å². The number of alkyl halides is 2. The minimum Gasteiger partial charge on any atom is -0.432 e. The summed E-state index contributed by atoms with van der Waals surface area (Å²) in [6.45, 7) is 0. The van der Waals surface area contributed by atoms with Crippen molar-refractivity contribution in [2.24, 2.45) is 0 Å². The number of nitrogens with one attached hydrogen (secondary N) is 1. The Bertz CT molecular complexity index is 1170. The first-order chi connectivity index (χ1) is 12.5. The Hall–Kier alpha value is -2.93. The Morgan fingerprint density at radius 1 is 1.23 bits per heavy atom. The first-order valence-electron chi connectivity index (χ1n) is 7.88. The summed E-state index contributed by atoms with van der Waals surface area (Å²) in [6, 6.07) is 10.3. The number of aromatic nitrogens is 3. The molecule has 0 saturated carbocycles. The molecule has 0 spiro atoms. The lowest BCUT2D eigenvalue weighted by molar-refractivity contribution is -0.159. The van der Waals surface area contributed by atoms with E-state index in [1.165, 1.54) is 6.07 Å². The fourth-order valence-corrected chi connectivity index (χ4v) is 3.46. The third-order valence-electron chi connectivity index (χ3n) is 4.27. The highest BCUT2D eigenvalue weighted by Gasteiger charge is 2.39. The van der Waals surface area contributed by atoms with Crippen molar-refractivity contribution < 1.29 is 13.5 Å². The number of anilines is 2. The van der Waals surface area contributed by atoms with Gasteiger partial charge in [-0.05, 0) is 30.3 Å². The SMILES string of the molecule is FC1(F)Cc2cc(Nc3nc4cccc(Cl)c4n4ccnc34)ccc2O1. The van der Waals surface area contributed by atoms with Crippen molar-refractivity contribution in [2.75, 3.05) is 5.32 Å². The standard InChI is InChI=1S/C18H11ClF2N4O/c19-12-2-1-3-13-15(12)25-7-6-22-17(25)16(24-13)23-11-4-5-14-10(8-11)9-18(20,21)26-14/h1-8H,9H2,(H,23,24). The van der Waals surface area contributed by atoms with E-state index in [1.54, 1.807) is 30.6 Å². The monoisotopic (exact) mass is 372 g/mol. The normalized spacial score (nSPS) is 15.2. The minimum atomic E-state index is -3.16. The van der Waals surface area contributed by atoms with Gasteiger partial charge in [0.1, 0.15) is 5.75 Å². The van der Waals surface area contributed by atoms with E-state index in [2.05, 4.69) is 20.0 Å². The molecule has 1 N–H and O–H groups in total. The maximum absolute atomic E-state index is 13.4. The fourth-order valence-electron chi connectivity index (χ4n) is 3.20. The summed E-state index contributed by atoms with van der Waals surface area (Å²) in [7, 11) is 0. The zero-order valence-corrected chi connectivity index (χ0v) is 14.0. The van der Waals surface area contributed by atoms with Gasteiger partial charge in [-0.3, -0.25) is 4.40 Å². The zero-order valence-electron chi connectivity index (χ0n) is 13.2. The molecule has 2 aromatic carbocycles. The summed E-state index contributed by atoms with van der Waals surface area (Å²) in [5.41, 5.74) is 3.12. The predicted octanol–water partition coefficient (Wildman–Crippen LogP) is 4.81. The molecule has 0 unspecified atom stereocenters. The van der Waals surface area contributed by atoms with Crippen LogP contribution in [0.2, 0.25) is 5.02 Å². The first-order valence-corrected chi connectivity index (χ1v) is 8.26. The zero-order chi connectivity index (χ0) is 17.9. The van der Waals surface area contributed by atoms with Crippen molar-refractivity contribution in [2.45, 2.75) is 12.5 Å². The number of rotatable bonds is 2. The summed E-state index contributed by atoms with van der Waals surface area (Å²) < 4.78 is 33.3. The Balaban J connectivity index is 1.61. The molecular formula is C18H11ClF2N4O. The molecule has 0 saturated heterocycles. The molecule has 0 fully saturated rings. The minimum absolute atomic E-state index is 0.199. The van der Waals surface area contributed by atoms with Crippen molar-refractivity contribution in [3.05, 3.63) is 59.4 Å². The highest BCUT2D eigenvalue weighted by atomic mass is 35.5. The van der Waals surface area contributed by atoms with Crippen molar-refractivity contribution in [3.63, 3.8) is 0 Å². The first kappa shape index (κ1) is 15.3. The summed E-state index contributed by atoms with van der Waals surface area (Å²) in [5.74, 6) is 0.708. The van der Waals surface area contributed by atoms with Crippen LogP contribution in [-0.4, -0.2) is 20.5 Å². The molecule has 26 heavy (non-hydrogen) atoms. The van der Waals surface area contributed by atoms with Crippen LogP contribution in [0.5, 0.6) is 5.75 Å². The Morgan fingerprint density at radius 2 is 2.12 bits per heavy atom. The van der Waals surface area contributed by atoms with E-state index in [1.807, 2.05) is 16.5 Å². The topological polar surface area (TPSA) is 51.5 Å². The molecule has 5 nitrogen and oxygen atoms in total. The number of benzene rings is 2. The van der Waals surface area contributed by atoms with Crippen LogP contribution in [0.25, 0.3) is 16.7 Å². The molecule has 8 heteroatoms. The molecule has 0 bridgehead atoms. The van der Waals surface area contributed by atoms with Crippen molar-refractivity contribution in [1.29, 1.82) is 0 Å². The number of imidazole rings is 1. The second kappa shape index (κ2) is 5.28. The smallest absolute Gasteiger partial charge is 0.402 e. The molecule has 4 aromatic rings. The van der Waals surface area contributed by atoms with Gasteiger partial charge in [0.05, 0.1) is 22.5 Å². The Labute approximate surface area is 151 Å². The van der Waals surface area contributed by atoms with E-state index in [-0.39, 0.29) is 5.75 Å². The molecule has 0 aliphatic carbocycles. The van der Waals surface area contributed by atoms with Crippen molar-refractivity contribution in [1.82, 2.24) is 14.4 Å². The van der Waals surface area contributed by atoms with Gasteiger partial charge < -0.3 is 10.1 Å². The van der Waals surface area contributed by atoms with Crippen LogP contribution in [0.4, 0.5) is 20.3 Å². The molecule has 0 atom stereocenters. The van der Waals surface area contributed by atoms with Gasteiger partial charge in [-0.25, -0.2) is 9.97 Å². The van der Waals surface area contributed by atoms with E-state index in [4.69, 9.17) is 11.6 Å². The number of hydrogen-bond acceptors (Lipinski definition) is 4. The number of nitrogens with zero attached hydrogens (tertiary/aromatic N) is 3. The van der Waals surface area contributed by atoms with Gasteiger partial charge in [0.25, 0.3) is 0 Å². The number of fused-ring (bicyclic) bond motifs is 4. The van der Waals surface area contributed by atoms with Crippen LogP contribution in [0.15, 0.2) is 48.8 Å². The third kappa shape index (κ3) is 2.35. The molecule has 1 aliphatic heterocycles. The van der Waals surface area contributed by atoms with E-state index in [9.17, 15) is 8.78 Å².